The molecule has 0 fully saturated rings. The molecule has 6 heteroatoms. The van der Waals surface area contributed by atoms with Gasteiger partial charge in [-0.25, -0.2) is 4.79 Å². The van der Waals surface area contributed by atoms with E-state index in [2.05, 4.69) is 0 Å². The maximum absolute atomic E-state index is 10.3. The summed E-state index contributed by atoms with van der Waals surface area (Å²) in [5.74, 6) is 0. The molecule has 0 aliphatic heterocycles. The van der Waals surface area contributed by atoms with Crippen molar-refractivity contribution in [2.75, 3.05) is 21.3 Å². The minimum Gasteiger partial charge on any atom is -0.465 e. The molecule has 10 heavy (non-hydrogen) atoms. The molecule has 0 atom stereocenters. The van der Waals surface area contributed by atoms with Crippen LogP contribution in [0.5, 0.6) is 0 Å². The summed E-state index contributed by atoms with van der Waals surface area (Å²) in [6.45, 7) is 0. The molecule has 0 aromatic carbocycles. The van der Waals surface area contributed by atoms with Crippen LogP contribution >= 0.6 is 0 Å². The van der Waals surface area contributed by atoms with Crippen LogP contribution in [0.15, 0.2) is 0 Å². The summed E-state index contributed by atoms with van der Waals surface area (Å²) in [5.41, 5.74) is 0. The van der Waals surface area contributed by atoms with Gasteiger partial charge in [0.25, 0.3) is 0 Å². The Labute approximate surface area is 61.1 Å². The van der Waals surface area contributed by atoms with E-state index in [0.717, 1.165) is 4.57 Å². The van der Waals surface area contributed by atoms with E-state index >= 15 is 0 Å². The summed E-state index contributed by atoms with van der Waals surface area (Å²) in [4.78, 5) is 10.3. The number of carbonyl (C=O) groups is 1. The molecule has 0 rings (SSSR count). The minimum absolute atomic E-state index is 1.03. The molecular weight excluding hydrogens is 154 g/mol. The van der Waals surface area contributed by atoms with Crippen LogP contribution in [-0.2, 0) is 8.85 Å². The van der Waals surface area contributed by atoms with E-state index in [1.165, 1.54) is 21.3 Å². The highest BCUT2D eigenvalue weighted by molar-refractivity contribution is 6.44. The van der Waals surface area contributed by atoms with Crippen molar-refractivity contribution in [3.05, 3.63) is 0 Å². The van der Waals surface area contributed by atoms with Crippen LogP contribution in [-0.4, -0.2) is 46.5 Å². The molecule has 60 valence electrons. The Morgan fingerprint density at radius 1 is 1.50 bits per heavy atom. The van der Waals surface area contributed by atoms with Crippen molar-refractivity contribution >= 4 is 15.5 Å². The van der Waals surface area contributed by atoms with Gasteiger partial charge in [-0.15, -0.1) is 0 Å². The van der Waals surface area contributed by atoms with Gasteiger partial charge in [0.2, 0.25) is 0 Å². The summed E-state index contributed by atoms with van der Waals surface area (Å²) in [6.07, 6.45) is -1.03. The molecule has 1 amide bonds. The molecule has 0 radical (unpaired) electrons. The van der Waals surface area contributed by atoms with Crippen molar-refractivity contribution in [2.24, 2.45) is 0 Å². The zero-order valence-corrected chi connectivity index (χ0v) is 7.35. The average molecular weight is 165 g/mol. The molecule has 0 aromatic heterocycles. The number of hydrogen-bond acceptors (Lipinski definition) is 3. The summed E-state index contributed by atoms with van der Waals surface area (Å²) >= 11 is 0. The van der Waals surface area contributed by atoms with Crippen LogP contribution in [0.25, 0.3) is 0 Å². The van der Waals surface area contributed by atoms with Gasteiger partial charge in [-0.3, -0.25) is 4.57 Å². The van der Waals surface area contributed by atoms with Crippen molar-refractivity contribution < 1.29 is 18.8 Å². The molecule has 0 aliphatic carbocycles. The Morgan fingerprint density at radius 3 is 2.00 bits per heavy atom. The fourth-order valence-electron chi connectivity index (χ4n) is 0.503. The second-order valence-electron chi connectivity index (χ2n) is 1.67. The highest BCUT2D eigenvalue weighted by Gasteiger charge is 2.21. The molecule has 0 aliphatic rings. The van der Waals surface area contributed by atoms with Crippen LogP contribution < -0.4 is 0 Å². The lowest BCUT2D eigenvalue weighted by Crippen LogP contribution is -2.43. The van der Waals surface area contributed by atoms with E-state index in [9.17, 15) is 4.79 Å². The molecule has 5 nitrogen and oxygen atoms in total. The summed E-state index contributed by atoms with van der Waals surface area (Å²) in [6, 6.07) is 0. The van der Waals surface area contributed by atoms with E-state index in [0.29, 0.717) is 0 Å². The zero-order chi connectivity index (χ0) is 8.15. The smallest absolute Gasteiger partial charge is 0.447 e. The lowest BCUT2D eigenvalue weighted by Gasteiger charge is -2.19. The molecular formula is C4H11NO4Si. The third kappa shape index (κ3) is 2.34. The molecule has 0 spiro atoms. The predicted octanol–water partition coefficient (Wildman–Crippen LogP) is -0.394. The SMILES string of the molecule is CO[SiH](OC)N(C)C(=O)O. The van der Waals surface area contributed by atoms with E-state index in [1.54, 1.807) is 0 Å². The highest BCUT2D eigenvalue weighted by atomic mass is 28.3. The van der Waals surface area contributed by atoms with E-state index in [4.69, 9.17) is 14.0 Å². The lowest BCUT2D eigenvalue weighted by molar-refractivity contribution is 0.153. The Hall–Kier alpha value is -0.593. The van der Waals surface area contributed by atoms with Gasteiger partial charge in [-0.1, -0.05) is 0 Å². The van der Waals surface area contributed by atoms with Crippen LogP contribution in [0.1, 0.15) is 0 Å². The normalized spacial score (nSPS) is 10.0. The lowest BCUT2D eigenvalue weighted by atomic mass is 11.1. The van der Waals surface area contributed by atoms with Gasteiger partial charge < -0.3 is 14.0 Å². The van der Waals surface area contributed by atoms with E-state index < -0.39 is 15.5 Å². The zero-order valence-electron chi connectivity index (χ0n) is 6.20. The second-order valence-corrected chi connectivity index (χ2v) is 4.00. The van der Waals surface area contributed by atoms with Gasteiger partial charge in [0, 0.05) is 21.3 Å². The molecule has 0 saturated carbocycles. The summed E-state index contributed by atoms with van der Waals surface area (Å²) < 4.78 is 10.6. The van der Waals surface area contributed by atoms with Gasteiger partial charge in [-0.2, -0.15) is 0 Å². The third-order valence-electron chi connectivity index (χ3n) is 1.02. The fraction of sp³-hybridized carbons (Fsp3) is 0.750. The molecule has 0 heterocycles. The van der Waals surface area contributed by atoms with Gasteiger partial charge in [0.1, 0.15) is 0 Å². The van der Waals surface area contributed by atoms with Crippen molar-refractivity contribution in [2.45, 2.75) is 0 Å². The largest absolute Gasteiger partial charge is 0.465 e. The molecule has 0 saturated heterocycles. The number of nitrogens with zero attached hydrogens (tertiary/aromatic N) is 1. The average Bonchev–Trinajstić information content (AvgIpc) is 1.90. The minimum atomic E-state index is -2.11. The second kappa shape index (κ2) is 4.26. The number of hydrogen-bond donors (Lipinski definition) is 1. The molecule has 1 N–H and O–H groups in total. The quantitative estimate of drug-likeness (QED) is 0.578. The Kier molecular flexibility index (Phi) is 4.01. The Balaban J connectivity index is 3.88. The Morgan fingerprint density at radius 2 is 1.90 bits per heavy atom. The maximum atomic E-state index is 10.3. The van der Waals surface area contributed by atoms with Crippen LogP contribution in [0, 0.1) is 0 Å². The van der Waals surface area contributed by atoms with Crippen LogP contribution in [0.3, 0.4) is 0 Å². The summed E-state index contributed by atoms with van der Waals surface area (Å²) in [5, 5.41) is 8.42. The Bertz CT molecular complexity index is 116. The first-order valence-corrected chi connectivity index (χ1v) is 4.10. The number of amides is 1. The molecule has 0 aromatic rings. The van der Waals surface area contributed by atoms with E-state index in [-0.39, 0.29) is 0 Å². The van der Waals surface area contributed by atoms with Crippen molar-refractivity contribution in [3.63, 3.8) is 0 Å². The highest BCUT2D eigenvalue weighted by Crippen LogP contribution is 1.92. The number of carboxylic acid groups (broad SMARTS) is 1. The van der Waals surface area contributed by atoms with Crippen molar-refractivity contribution in [1.29, 1.82) is 0 Å². The maximum Gasteiger partial charge on any atom is 0.447 e. The van der Waals surface area contributed by atoms with E-state index in [1.807, 2.05) is 0 Å². The van der Waals surface area contributed by atoms with Crippen molar-refractivity contribution in [1.82, 2.24) is 4.57 Å². The standard InChI is InChI=1S/C4H11NO4Si/c1-5(4(6)7)10(8-2)9-3/h10H,1-3H3,(H,6,7). The topological polar surface area (TPSA) is 59.0 Å². The van der Waals surface area contributed by atoms with Gasteiger partial charge in [0.15, 0.2) is 0 Å². The first-order valence-electron chi connectivity index (χ1n) is 2.64. The van der Waals surface area contributed by atoms with Gasteiger partial charge in [0.05, 0.1) is 0 Å². The third-order valence-corrected chi connectivity index (χ3v) is 2.68. The van der Waals surface area contributed by atoms with Gasteiger partial charge >= 0.3 is 15.5 Å². The monoisotopic (exact) mass is 165 g/mol. The molecule has 0 unspecified atom stereocenters. The van der Waals surface area contributed by atoms with Crippen molar-refractivity contribution in [3.8, 4) is 0 Å². The summed E-state index contributed by atoms with van der Waals surface area (Å²) in [7, 11) is 2.17. The van der Waals surface area contributed by atoms with Crippen LogP contribution in [0.2, 0.25) is 0 Å². The first-order chi connectivity index (χ1) is 4.63. The van der Waals surface area contributed by atoms with Crippen LogP contribution in [0.4, 0.5) is 4.79 Å². The molecule has 0 bridgehead atoms. The predicted molar refractivity (Wildman–Crippen MR) is 37.0 cm³/mol. The van der Waals surface area contributed by atoms with Gasteiger partial charge in [-0.05, 0) is 0 Å². The fourth-order valence-corrected chi connectivity index (χ4v) is 1.51. The first kappa shape index (κ1) is 9.41. The number of rotatable bonds is 3.